The van der Waals surface area contributed by atoms with Crippen molar-refractivity contribution in [1.29, 1.82) is 0 Å². The van der Waals surface area contributed by atoms with E-state index in [1.54, 1.807) is 41.9 Å². The monoisotopic (exact) mass is 424 g/mol. The Balaban J connectivity index is 1.99. The molecule has 1 amide bonds. The van der Waals surface area contributed by atoms with Crippen molar-refractivity contribution < 1.29 is 14.7 Å². The molecule has 1 unspecified atom stereocenters. The first kappa shape index (κ1) is 19.4. The van der Waals surface area contributed by atoms with Crippen LogP contribution >= 0.6 is 22.9 Å². The Kier molecular flexibility index (Phi) is 4.98. The van der Waals surface area contributed by atoms with E-state index < -0.39 is 17.7 Å². The fourth-order valence-electron chi connectivity index (χ4n) is 3.49. The number of aromatic nitrogens is 1. The number of rotatable bonds is 3. The maximum Gasteiger partial charge on any atom is 0.301 e. The molecule has 0 bridgehead atoms. The van der Waals surface area contributed by atoms with Gasteiger partial charge in [-0.3, -0.25) is 14.5 Å². The number of hydrogen-bond acceptors (Lipinski definition) is 5. The molecule has 1 fully saturated rings. The van der Waals surface area contributed by atoms with E-state index in [2.05, 4.69) is 4.98 Å². The number of nitrogens with zero attached hydrogens (tertiary/aromatic N) is 2. The first-order chi connectivity index (χ1) is 13.9. The Morgan fingerprint density at radius 3 is 2.66 bits per heavy atom. The van der Waals surface area contributed by atoms with Crippen LogP contribution < -0.4 is 4.90 Å². The second-order valence-corrected chi connectivity index (χ2v) is 8.17. The summed E-state index contributed by atoms with van der Waals surface area (Å²) in [5.74, 6) is -1.67. The first-order valence-electron chi connectivity index (χ1n) is 8.92. The van der Waals surface area contributed by atoms with Crippen LogP contribution in [0, 0.1) is 13.8 Å². The van der Waals surface area contributed by atoms with E-state index in [1.165, 1.54) is 16.2 Å². The number of aliphatic hydroxyl groups excluding tert-OH is 1. The third-order valence-corrected chi connectivity index (χ3v) is 5.89. The zero-order valence-electron chi connectivity index (χ0n) is 15.7. The van der Waals surface area contributed by atoms with Gasteiger partial charge in [0.05, 0.1) is 11.6 Å². The molecule has 146 valence electrons. The molecule has 1 saturated heterocycles. The van der Waals surface area contributed by atoms with E-state index in [0.717, 1.165) is 11.1 Å². The summed E-state index contributed by atoms with van der Waals surface area (Å²) in [5.41, 5.74) is 2.91. The van der Waals surface area contributed by atoms with Crippen LogP contribution in [-0.4, -0.2) is 21.8 Å². The van der Waals surface area contributed by atoms with Crippen LogP contribution in [0.15, 0.2) is 59.6 Å². The van der Waals surface area contributed by atoms with Gasteiger partial charge in [0.1, 0.15) is 5.76 Å². The van der Waals surface area contributed by atoms with Gasteiger partial charge in [0.25, 0.3) is 5.78 Å². The second-order valence-electron chi connectivity index (χ2n) is 6.86. The van der Waals surface area contributed by atoms with Crippen LogP contribution in [0.1, 0.15) is 28.3 Å². The fourth-order valence-corrected chi connectivity index (χ4v) is 4.36. The molecule has 1 aromatic heterocycles. The summed E-state index contributed by atoms with van der Waals surface area (Å²) in [5, 5.41) is 13.7. The highest BCUT2D eigenvalue weighted by Gasteiger charge is 2.48. The molecule has 0 spiro atoms. The average molecular weight is 425 g/mol. The van der Waals surface area contributed by atoms with E-state index in [-0.39, 0.29) is 11.3 Å². The molecule has 4 rings (SSSR count). The number of benzene rings is 2. The summed E-state index contributed by atoms with van der Waals surface area (Å²) < 4.78 is 0. The van der Waals surface area contributed by atoms with Gasteiger partial charge in [-0.05, 0) is 43.2 Å². The van der Waals surface area contributed by atoms with E-state index in [0.29, 0.717) is 21.3 Å². The molecule has 2 heterocycles. The van der Waals surface area contributed by atoms with Crippen molar-refractivity contribution in [3.8, 4) is 0 Å². The van der Waals surface area contributed by atoms with Gasteiger partial charge in [0, 0.05) is 22.2 Å². The van der Waals surface area contributed by atoms with Crippen molar-refractivity contribution in [1.82, 2.24) is 4.98 Å². The Hall–Kier alpha value is -2.96. The minimum Gasteiger partial charge on any atom is -0.507 e. The highest BCUT2D eigenvalue weighted by Crippen LogP contribution is 2.43. The highest BCUT2D eigenvalue weighted by atomic mass is 35.5. The Morgan fingerprint density at radius 2 is 1.97 bits per heavy atom. The molecular formula is C22H17ClN2O3S. The highest BCUT2D eigenvalue weighted by molar-refractivity contribution is 7.14. The molecule has 0 saturated carbocycles. The van der Waals surface area contributed by atoms with Gasteiger partial charge in [-0.2, -0.15) is 0 Å². The SMILES string of the molecule is Cc1ccc(C)c(/C(O)=C2\C(=O)C(=O)N(c3nccs3)C2c2cccc(Cl)c2)c1. The van der Waals surface area contributed by atoms with Crippen molar-refractivity contribution in [2.45, 2.75) is 19.9 Å². The van der Waals surface area contributed by atoms with Gasteiger partial charge < -0.3 is 5.11 Å². The molecule has 7 heteroatoms. The molecular weight excluding hydrogens is 408 g/mol. The number of amides is 1. The van der Waals surface area contributed by atoms with Gasteiger partial charge in [-0.1, -0.05) is 41.4 Å². The molecule has 0 radical (unpaired) electrons. The fraction of sp³-hybridized carbons (Fsp3) is 0.136. The van der Waals surface area contributed by atoms with Crippen molar-refractivity contribution in [3.63, 3.8) is 0 Å². The quantitative estimate of drug-likeness (QED) is 0.363. The predicted molar refractivity (Wildman–Crippen MR) is 114 cm³/mol. The molecule has 1 aliphatic rings. The third-order valence-electron chi connectivity index (χ3n) is 4.88. The number of aliphatic hydroxyl groups is 1. The zero-order chi connectivity index (χ0) is 20.7. The van der Waals surface area contributed by atoms with Crippen LogP contribution in [0.25, 0.3) is 5.76 Å². The standard InChI is InChI=1S/C22H17ClN2O3S/c1-12-6-7-13(2)16(10-12)19(26)17-18(14-4-3-5-15(23)11-14)25(21(28)20(17)27)22-24-8-9-29-22/h3-11,18,26H,1-2H3/b19-17+. The van der Waals surface area contributed by atoms with Crippen LogP contribution in [0.5, 0.6) is 0 Å². The largest absolute Gasteiger partial charge is 0.507 e. The molecule has 2 aromatic carbocycles. The molecule has 1 aliphatic heterocycles. The maximum atomic E-state index is 13.0. The van der Waals surface area contributed by atoms with Gasteiger partial charge in [-0.15, -0.1) is 11.3 Å². The lowest BCUT2D eigenvalue weighted by Gasteiger charge is -2.23. The first-order valence-corrected chi connectivity index (χ1v) is 10.2. The number of hydrogen-bond donors (Lipinski definition) is 1. The zero-order valence-corrected chi connectivity index (χ0v) is 17.3. The minimum absolute atomic E-state index is 0.0289. The number of anilines is 1. The predicted octanol–water partition coefficient (Wildman–Crippen LogP) is 5.04. The normalized spacial score (nSPS) is 18.4. The van der Waals surface area contributed by atoms with Crippen LogP contribution in [0.3, 0.4) is 0 Å². The summed E-state index contributed by atoms with van der Waals surface area (Å²) in [7, 11) is 0. The van der Waals surface area contributed by atoms with Crippen LogP contribution in [0.2, 0.25) is 5.02 Å². The molecule has 0 aliphatic carbocycles. The lowest BCUT2D eigenvalue weighted by atomic mass is 9.93. The number of thiazole rings is 1. The maximum absolute atomic E-state index is 13.0. The molecule has 1 N–H and O–H groups in total. The van der Waals surface area contributed by atoms with E-state index >= 15 is 0 Å². The molecule has 1 atom stereocenters. The summed E-state index contributed by atoms with van der Waals surface area (Å²) in [6.07, 6.45) is 1.57. The second kappa shape index (κ2) is 7.46. The molecule has 29 heavy (non-hydrogen) atoms. The van der Waals surface area contributed by atoms with Gasteiger partial charge in [-0.25, -0.2) is 4.98 Å². The number of carbonyl (C=O) groups is 2. The average Bonchev–Trinajstić information content (AvgIpc) is 3.30. The topological polar surface area (TPSA) is 70.5 Å². The van der Waals surface area contributed by atoms with Gasteiger partial charge >= 0.3 is 5.91 Å². The summed E-state index contributed by atoms with van der Waals surface area (Å²) in [4.78, 5) is 31.5. The van der Waals surface area contributed by atoms with Crippen molar-refractivity contribution in [3.05, 3.63) is 86.9 Å². The third kappa shape index (κ3) is 3.34. The Bertz CT molecular complexity index is 1150. The number of carbonyl (C=O) groups excluding carboxylic acids is 2. The smallest absolute Gasteiger partial charge is 0.301 e. The van der Waals surface area contributed by atoms with Crippen molar-refractivity contribution >= 4 is 45.5 Å². The van der Waals surface area contributed by atoms with Crippen molar-refractivity contribution in [2.24, 2.45) is 0 Å². The summed E-state index contributed by atoms with van der Waals surface area (Å²) in [6.45, 7) is 3.75. The van der Waals surface area contributed by atoms with Gasteiger partial charge in [0.2, 0.25) is 0 Å². The Labute approximate surface area is 176 Å². The molecule has 3 aromatic rings. The van der Waals surface area contributed by atoms with Crippen LogP contribution in [-0.2, 0) is 9.59 Å². The number of halogens is 1. The minimum atomic E-state index is -0.820. The number of aryl methyl sites for hydroxylation is 2. The Morgan fingerprint density at radius 1 is 1.17 bits per heavy atom. The number of Topliss-reactive ketones (excluding diaryl/α,β-unsaturated/α-hetero) is 1. The molecule has 5 nitrogen and oxygen atoms in total. The summed E-state index contributed by atoms with van der Waals surface area (Å²) >= 11 is 7.43. The lowest BCUT2D eigenvalue weighted by Crippen LogP contribution is -2.29. The van der Waals surface area contributed by atoms with E-state index in [4.69, 9.17) is 11.6 Å². The van der Waals surface area contributed by atoms with E-state index in [9.17, 15) is 14.7 Å². The van der Waals surface area contributed by atoms with Crippen LogP contribution in [0.4, 0.5) is 5.13 Å². The number of ketones is 1. The summed E-state index contributed by atoms with van der Waals surface area (Å²) in [6, 6.07) is 11.7. The van der Waals surface area contributed by atoms with Gasteiger partial charge in [0.15, 0.2) is 5.13 Å². The lowest BCUT2D eigenvalue weighted by molar-refractivity contribution is -0.132. The van der Waals surface area contributed by atoms with E-state index in [1.807, 2.05) is 26.0 Å². The van der Waals surface area contributed by atoms with Crippen molar-refractivity contribution in [2.75, 3.05) is 4.90 Å².